The second-order valence-electron chi connectivity index (χ2n) is 24.0. The highest BCUT2D eigenvalue weighted by molar-refractivity contribution is 7.17. The van der Waals surface area contributed by atoms with Gasteiger partial charge in [-0.15, -0.1) is 22.7 Å². The summed E-state index contributed by atoms with van der Waals surface area (Å²) in [5.41, 5.74) is 3.35. The zero-order valence-corrected chi connectivity index (χ0v) is 51.3. The highest BCUT2D eigenvalue weighted by atomic mass is 32.1. The van der Waals surface area contributed by atoms with Crippen LogP contribution < -0.4 is 20.1 Å². The molecule has 2 unspecified atom stereocenters. The Kier molecular flexibility index (Phi) is 17.1. The number of aldehydes is 1. The first-order valence-electron chi connectivity index (χ1n) is 28.5. The van der Waals surface area contributed by atoms with Gasteiger partial charge in [0.05, 0.1) is 59.3 Å². The Hall–Kier alpha value is -7.46. The number of nitrogens with zero attached hydrogens (tertiary/aromatic N) is 7. The van der Waals surface area contributed by atoms with Gasteiger partial charge in [-0.3, -0.25) is 24.5 Å². The van der Waals surface area contributed by atoms with Crippen molar-refractivity contribution in [1.29, 1.82) is 0 Å². The number of ether oxygens (including phenoxy) is 4. The largest absolute Gasteiger partial charge is 0.496 e. The fourth-order valence-corrected chi connectivity index (χ4v) is 13.7. The van der Waals surface area contributed by atoms with Gasteiger partial charge < -0.3 is 53.1 Å². The Bertz CT molecular complexity index is 3600. The number of hydrogen-bond donors (Lipinski definition) is 2. The van der Waals surface area contributed by atoms with Crippen molar-refractivity contribution in [1.82, 2.24) is 39.1 Å². The summed E-state index contributed by atoms with van der Waals surface area (Å²) in [7, 11) is 5.05. The third-order valence-electron chi connectivity index (χ3n) is 16.4. The number of fused-ring (bicyclic) bond motifs is 3. The van der Waals surface area contributed by atoms with Gasteiger partial charge in [0.1, 0.15) is 37.9 Å². The van der Waals surface area contributed by atoms with E-state index < -0.39 is 28.3 Å². The van der Waals surface area contributed by atoms with Crippen molar-refractivity contribution in [3.8, 4) is 23.0 Å². The molecule has 7 aromatic rings. The van der Waals surface area contributed by atoms with Gasteiger partial charge in [0.2, 0.25) is 0 Å². The normalized spacial score (nSPS) is 17.8. The summed E-state index contributed by atoms with van der Waals surface area (Å²) < 4.78 is 28.4. The lowest BCUT2D eigenvalue weighted by Gasteiger charge is -2.39. The first kappa shape index (κ1) is 60.1. The van der Waals surface area contributed by atoms with Crippen molar-refractivity contribution >= 4 is 90.1 Å². The Balaban J connectivity index is 0.000000170. The quantitative estimate of drug-likeness (QED) is 0.0662. The monoisotopic (exact) mass is 1180 g/mol. The summed E-state index contributed by atoms with van der Waals surface area (Å²) in [5.74, 6) is 1.38. The number of rotatable bonds is 12. The molecule has 4 amide bonds. The van der Waals surface area contributed by atoms with Crippen molar-refractivity contribution in [2.75, 3.05) is 40.4 Å². The second kappa shape index (κ2) is 23.7. The zero-order valence-electron chi connectivity index (χ0n) is 49.6. The fourth-order valence-electron chi connectivity index (χ4n) is 11.8. The van der Waals surface area contributed by atoms with Crippen LogP contribution >= 0.6 is 22.7 Å². The Morgan fingerprint density at radius 2 is 1.22 bits per heavy atom. The van der Waals surface area contributed by atoms with Gasteiger partial charge in [-0.25, -0.2) is 14.6 Å². The smallest absolute Gasteiger partial charge is 0.407 e. The van der Waals surface area contributed by atoms with Crippen molar-refractivity contribution in [2.45, 2.75) is 144 Å². The van der Waals surface area contributed by atoms with E-state index in [1.54, 1.807) is 68.4 Å². The summed E-state index contributed by atoms with van der Waals surface area (Å²) in [6, 6.07) is 14.5. The molecule has 0 bridgehead atoms. The number of piperidine rings is 2. The molecule has 444 valence electrons. The maximum absolute atomic E-state index is 13.8. The van der Waals surface area contributed by atoms with E-state index in [4.69, 9.17) is 23.9 Å². The summed E-state index contributed by atoms with van der Waals surface area (Å²) in [6.07, 6.45) is 6.15. The van der Waals surface area contributed by atoms with E-state index in [2.05, 4.69) is 39.6 Å². The van der Waals surface area contributed by atoms with E-state index in [0.717, 1.165) is 80.6 Å². The number of aromatic nitrogens is 4. The van der Waals surface area contributed by atoms with E-state index in [1.165, 1.54) is 33.6 Å². The number of thiophene rings is 2. The fraction of sp³-hybridized carbons (Fsp3) is 0.508. The van der Waals surface area contributed by atoms with E-state index >= 15 is 0 Å². The Labute approximate surface area is 491 Å². The van der Waals surface area contributed by atoms with E-state index in [9.17, 15) is 34.1 Å². The summed E-state index contributed by atoms with van der Waals surface area (Å²) in [4.78, 5) is 84.6. The number of nitro groups is 1. The van der Waals surface area contributed by atoms with E-state index in [1.807, 2.05) is 78.4 Å². The van der Waals surface area contributed by atoms with Crippen molar-refractivity contribution in [3.63, 3.8) is 0 Å². The molecular formula is C61H77N9O11S2. The van der Waals surface area contributed by atoms with Crippen LogP contribution in [0, 0.1) is 20.9 Å². The van der Waals surface area contributed by atoms with Crippen molar-refractivity contribution in [3.05, 3.63) is 91.8 Å². The minimum Gasteiger partial charge on any atom is -0.496 e. The number of aryl methyl sites for hydroxylation is 3. The van der Waals surface area contributed by atoms with Gasteiger partial charge in [0, 0.05) is 68.7 Å². The minimum absolute atomic E-state index is 0.00341. The molecule has 2 saturated carbocycles. The summed E-state index contributed by atoms with van der Waals surface area (Å²) >= 11 is 3.40. The van der Waals surface area contributed by atoms with Crippen LogP contribution in [0.2, 0.25) is 0 Å². The average Bonchev–Trinajstić information content (AvgIpc) is 3.64. The van der Waals surface area contributed by atoms with Gasteiger partial charge >= 0.3 is 12.2 Å². The lowest BCUT2D eigenvalue weighted by molar-refractivity contribution is -0.385. The molecule has 11 rings (SSSR count). The summed E-state index contributed by atoms with van der Waals surface area (Å²) in [5, 5.41) is 24.1. The predicted octanol–water partition coefficient (Wildman–Crippen LogP) is 12.0. The molecule has 0 radical (unpaired) electrons. The highest BCUT2D eigenvalue weighted by Gasteiger charge is 2.54. The zero-order chi connectivity index (χ0) is 59.9. The molecule has 7 heterocycles. The highest BCUT2D eigenvalue weighted by Crippen LogP contribution is 2.55. The third-order valence-corrected chi connectivity index (χ3v) is 18.3. The number of nitrogens with one attached hydrogen (secondary N) is 2. The molecule has 2 spiro atoms. The summed E-state index contributed by atoms with van der Waals surface area (Å²) in [6.45, 7) is 20.6. The molecule has 22 heteroatoms. The molecule has 20 nitrogen and oxygen atoms in total. The van der Waals surface area contributed by atoms with Crippen molar-refractivity contribution < 1.29 is 47.8 Å². The number of benzene rings is 2. The van der Waals surface area contributed by atoms with Crippen LogP contribution in [0.5, 0.6) is 11.5 Å². The Morgan fingerprint density at radius 3 is 1.67 bits per heavy atom. The molecule has 4 fully saturated rings. The van der Waals surface area contributed by atoms with Gasteiger partial charge in [0.15, 0.2) is 12.1 Å². The van der Waals surface area contributed by atoms with Crippen LogP contribution in [0.3, 0.4) is 0 Å². The molecule has 2 aliphatic carbocycles. The molecule has 2 aliphatic heterocycles. The lowest BCUT2D eigenvalue weighted by Crippen LogP contribution is -2.55. The number of imidazole rings is 1. The number of likely N-dealkylation sites (tertiary alicyclic amines) is 2. The van der Waals surface area contributed by atoms with Crippen molar-refractivity contribution in [2.24, 2.45) is 17.9 Å². The molecule has 2 saturated heterocycles. The van der Waals surface area contributed by atoms with Crippen LogP contribution in [0.1, 0.15) is 138 Å². The number of methoxy groups -OCH3 is 2. The first-order chi connectivity index (χ1) is 39.4. The standard InChI is InChI=1S/C30H37N5O4S.C22H31N3O6.C9H9NOS/c1-7-35-21(15-18-8-13-40-27(18)35)25-31-20-14-19(16-22(38-6)24(20)33(25)5)26(36)34-12-11-30(9-10-30)23(17-34)32-28(37)39-29(2,3)4;1-6-15-16(25(28)29)11-14(12-17(15)30-5)19(26)24-10-9-22(7-8-22)18(13-24)23-20(27)31-21(2,3)4;1-2-10-8(6-11)5-7-3-4-12-9(7)10/h8,13-16,23H,7,9-12,17H2,1-6H3,(H,32,37);11-12,18H,6-10,13H2,1-5H3,(H,23,27);3-6H,2H2,1H3. The van der Waals surface area contributed by atoms with Gasteiger partial charge in [-0.05, 0) is 164 Å². The first-order valence-corrected chi connectivity index (χ1v) is 30.2. The van der Waals surface area contributed by atoms with E-state index in [-0.39, 0.29) is 46.0 Å². The van der Waals surface area contributed by atoms with Crippen LogP contribution in [0.15, 0.2) is 59.3 Å². The molecule has 2 N–H and O–H groups in total. The van der Waals surface area contributed by atoms with Crippen LogP contribution in [0.4, 0.5) is 15.3 Å². The molecule has 5 aromatic heterocycles. The van der Waals surface area contributed by atoms with Crippen LogP contribution in [-0.2, 0) is 36.0 Å². The predicted molar refractivity (Wildman–Crippen MR) is 322 cm³/mol. The number of hydrogen-bond acceptors (Lipinski definition) is 14. The molecule has 2 aromatic carbocycles. The maximum Gasteiger partial charge on any atom is 0.407 e. The van der Waals surface area contributed by atoms with Crippen LogP contribution in [0.25, 0.3) is 43.0 Å². The maximum atomic E-state index is 13.8. The molecule has 2 atom stereocenters. The third kappa shape index (κ3) is 12.6. The van der Waals surface area contributed by atoms with Gasteiger partial charge in [-0.2, -0.15) is 0 Å². The Morgan fingerprint density at radius 1 is 0.723 bits per heavy atom. The molecule has 83 heavy (non-hydrogen) atoms. The second-order valence-corrected chi connectivity index (χ2v) is 25.8. The number of carbonyl (C=O) groups is 5. The van der Waals surface area contributed by atoms with Gasteiger partial charge in [0.25, 0.3) is 17.5 Å². The topological polar surface area (TPSA) is 224 Å². The number of amides is 4. The average molecular weight is 1180 g/mol. The number of nitro benzene ring substituents is 1. The van der Waals surface area contributed by atoms with Gasteiger partial charge in [-0.1, -0.05) is 6.92 Å². The number of carbonyl (C=O) groups excluding carboxylic acids is 5. The minimum atomic E-state index is -0.610. The van der Waals surface area contributed by atoms with Crippen LogP contribution in [-0.4, -0.2) is 127 Å². The number of alkyl carbamates (subject to hydrolysis) is 2. The van der Waals surface area contributed by atoms with E-state index in [0.29, 0.717) is 60.7 Å². The molecule has 4 aliphatic rings. The SMILES string of the molecule is CCc1c(OC)cc(C(=O)N2CCC3(CC3)C(NC(=O)OC(C)(C)C)C2)cc1[N+](=O)[O-].CCn1c(-c2nc3cc(C(=O)N4CCC5(CC5)C(NC(=O)OC(C)(C)C)C4)cc(OC)c3n2C)cc2ccsc21.CCn1c(C=O)cc2ccsc21. The lowest BCUT2D eigenvalue weighted by atomic mass is 9.88. The molecular weight excluding hydrogens is 1100 g/mol.